The molecule has 0 aliphatic carbocycles. The molecule has 1 aromatic heterocycles. The number of thiazole rings is 1. The minimum absolute atomic E-state index is 0. The Morgan fingerprint density at radius 3 is 2.40 bits per heavy atom. The second-order valence-corrected chi connectivity index (χ2v) is 10.7. The van der Waals surface area contributed by atoms with E-state index >= 15 is 0 Å². The maximum atomic E-state index is 13.2. The zero-order valence-corrected chi connectivity index (χ0v) is 25.3. The normalized spacial score (nSPS) is 13.8. The first-order chi connectivity index (χ1) is 18.6. The molecule has 2 heterocycles. The van der Waals surface area contributed by atoms with E-state index in [-0.39, 0.29) is 42.5 Å². The number of amides is 2. The molecule has 0 unspecified atom stereocenters. The maximum absolute atomic E-state index is 13.2. The first-order valence-electron chi connectivity index (χ1n) is 13.4. The lowest BCUT2D eigenvalue weighted by Crippen LogP contribution is -2.42. The van der Waals surface area contributed by atoms with E-state index < -0.39 is 0 Å². The van der Waals surface area contributed by atoms with Crippen molar-refractivity contribution < 1.29 is 9.59 Å². The fourth-order valence-electron chi connectivity index (χ4n) is 5.28. The van der Waals surface area contributed by atoms with Gasteiger partial charge in [-0.2, -0.15) is 0 Å². The number of rotatable bonds is 8. The van der Waals surface area contributed by atoms with Crippen molar-refractivity contribution in [1.82, 2.24) is 14.8 Å². The van der Waals surface area contributed by atoms with Gasteiger partial charge < -0.3 is 10.2 Å². The Hall–Kier alpha value is -2.97. The van der Waals surface area contributed by atoms with Gasteiger partial charge in [0.05, 0.1) is 15.7 Å². The van der Waals surface area contributed by atoms with Crippen molar-refractivity contribution >= 4 is 63.9 Å². The molecule has 0 bridgehead atoms. The van der Waals surface area contributed by atoms with Gasteiger partial charge in [-0.25, -0.2) is 4.98 Å². The summed E-state index contributed by atoms with van der Waals surface area (Å²) in [5.74, 6) is 0.255. The molecule has 0 saturated carbocycles. The van der Waals surface area contributed by atoms with Gasteiger partial charge in [0.1, 0.15) is 0 Å². The van der Waals surface area contributed by atoms with Crippen molar-refractivity contribution in [2.75, 3.05) is 31.5 Å². The Morgan fingerprint density at radius 2 is 1.70 bits per heavy atom. The first-order valence-corrected chi connectivity index (χ1v) is 14.3. The summed E-state index contributed by atoms with van der Waals surface area (Å²) in [5.41, 5.74) is 7.45. The predicted octanol–water partition coefficient (Wildman–Crippen LogP) is 7.14. The molecule has 4 aromatic rings. The average Bonchev–Trinajstić information content (AvgIpc) is 3.42. The van der Waals surface area contributed by atoms with E-state index in [0.717, 1.165) is 78.2 Å². The third-order valence-electron chi connectivity index (χ3n) is 7.45. The molecule has 6 nitrogen and oxygen atoms in total. The van der Waals surface area contributed by atoms with E-state index in [1.165, 1.54) is 0 Å². The monoisotopic (exact) mass is 598 g/mol. The molecule has 2 amide bonds. The second-order valence-electron chi connectivity index (χ2n) is 9.79. The summed E-state index contributed by atoms with van der Waals surface area (Å²) in [6.07, 6.45) is 1.74. The van der Waals surface area contributed by atoms with Gasteiger partial charge in [-0.3, -0.25) is 14.5 Å². The molecule has 0 atom stereocenters. The Balaban J connectivity index is 0.00000220. The van der Waals surface area contributed by atoms with Gasteiger partial charge in [-0.1, -0.05) is 36.4 Å². The number of carbonyl (C=O) groups is 2. The number of hydrogen-bond acceptors (Lipinski definition) is 5. The van der Waals surface area contributed by atoms with Gasteiger partial charge >= 0.3 is 0 Å². The van der Waals surface area contributed by atoms with E-state index in [0.29, 0.717) is 5.56 Å². The summed E-state index contributed by atoms with van der Waals surface area (Å²) in [7, 11) is 0. The minimum atomic E-state index is -0.135. The molecule has 5 rings (SSSR count). The fourth-order valence-corrected chi connectivity index (χ4v) is 5.94. The second kappa shape index (κ2) is 14.6. The van der Waals surface area contributed by atoms with Crippen molar-refractivity contribution in [2.45, 2.75) is 33.2 Å². The lowest BCUT2D eigenvalue weighted by Gasteiger charge is -2.34. The third kappa shape index (κ3) is 7.21. The molecular weight excluding hydrogens is 563 g/mol. The van der Waals surface area contributed by atoms with Crippen LogP contribution < -0.4 is 5.32 Å². The molecular formula is C31H36Cl2N4O2S. The van der Waals surface area contributed by atoms with Crippen LogP contribution in [0, 0.1) is 5.92 Å². The highest BCUT2D eigenvalue weighted by Gasteiger charge is 2.28. The molecule has 9 heteroatoms. The maximum Gasteiger partial charge on any atom is 0.255 e. The molecule has 1 saturated heterocycles. The van der Waals surface area contributed by atoms with Gasteiger partial charge in [0.15, 0.2) is 0 Å². The largest absolute Gasteiger partial charge is 0.343 e. The first kappa shape index (κ1) is 31.6. The number of fused-ring (bicyclic) bond motifs is 1. The van der Waals surface area contributed by atoms with Gasteiger partial charge in [-0.05, 0) is 86.8 Å². The van der Waals surface area contributed by atoms with Crippen LogP contribution in [-0.4, -0.2) is 52.8 Å². The van der Waals surface area contributed by atoms with Gasteiger partial charge in [0, 0.05) is 36.8 Å². The Bertz CT molecular complexity index is 1420. The van der Waals surface area contributed by atoms with Crippen LogP contribution in [0.25, 0.3) is 21.3 Å². The van der Waals surface area contributed by atoms with Crippen LogP contribution in [0.4, 0.5) is 5.69 Å². The topological polar surface area (TPSA) is 65.5 Å². The number of benzene rings is 3. The molecule has 1 aliphatic heterocycles. The van der Waals surface area contributed by atoms with E-state index in [4.69, 9.17) is 0 Å². The molecule has 0 radical (unpaired) electrons. The minimum Gasteiger partial charge on any atom is -0.343 e. The van der Waals surface area contributed by atoms with Crippen molar-refractivity contribution in [3.05, 3.63) is 83.4 Å². The number of halogens is 2. The van der Waals surface area contributed by atoms with E-state index in [9.17, 15) is 9.59 Å². The number of aromatic nitrogens is 1. The zero-order chi connectivity index (χ0) is 26.5. The summed E-state index contributed by atoms with van der Waals surface area (Å²) < 4.78 is 1.10. The third-order valence-corrected chi connectivity index (χ3v) is 8.26. The standard InChI is InChI=1S/C31H34N4O2S.2ClH/c1-3-35(4-2)31(37)23-14-16-34(17-15-23)20-25-18-24(10-12-27(25)22-8-6-5-7-9-22)30(36)33-26-11-13-29-28(19-26)32-21-38-29;;/h5-13,18-19,21,23H,3-4,14-17,20H2,1-2H3,(H,33,36);2*1H. The lowest BCUT2D eigenvalue weighted by molar-refractivity contribution is -0.136. The van der Waals surface area contributed by atoms with E-state index in [1.54, 1.807) is 11.3 Å². The van der Waals surface area contributed by atoms with Crippen LogP contribution in [0.2, 0.25) is 0 Å². The van der Waals surface area contributed by atoms with Crippen molar-refractivity contribution in [1.29, 1.82) is 0 Å². The summed E-state index contributed by atoms with van der Waals surface area (Å²) in [6.45, 7) is 8.10. The lowest BCUT2D eigenvalue weighted by atomic mass is 9.93. The quantitative estimate of drug-likeness (QED) is 0.234. The van der Waals surface area contributed by atoms with Crippen molar-refractivity contribution in [3.63, 3.8) is 0 Å². The Morgan fingerprint density at radius 1 is 0.975 bits per heavy atom. The fraction of sp³-hybridized carbons (Fsp3) is 0.323. The highest BCUT2D eigenvalue weighted by molar-refractivity contribution is 7.16. The summed E-state index contributed by atoms with van der Waals surface area (Å²) in [4.78, 5) is 34.8. The SMILES string of the molecule is CCN(CC)C(=O)C1CCN(Cc2cc(C(=O)Nc3ccc4scnc4c3)ccc2-c2ccccc2)CC1.Cl.Cl. The summed E-state index contributed by atoms with van der Waals surface area (Å²) >= 11 is 1.58. The Labute approximate surface area is 252 Å². The van der Waals surface area contributed by atoms with Crippen LogP contribution in [0.15, 0.2) is 72.2 Å². The van der Waals surface area contributed by atoms with Crippen molar-refractivity contribution in [3.8, 4) is 11.1 Å². The van der Waals surface area contributed by atoms with Crippen LogP contribution in [0.3, 0.4) is 0 Å². The number of nitrogens with one attached hydrogen (secondary N) is 1. The molecule has 40 heavy (non-hydrogen) atoms. The summed E-state index contributed by atoms with van der Waals surface area (Å²) in [6, 6.07) is 22.1. The highest BCUT2D eigenvalue weighted by Crippen LogP contribution is 2.29. The number of anilines is 1. The highest BCUT2D eigenvalue weighted by atomic mass is 35.5. The Kier molecular flexibility index (Phi) is 11.5. The van der Waals surface area contributed by atoms with Gasteiger partial charge in [0.25, 0.3) is 5.91 Å². The number of nitrogens with zero attached hydrogens (tertiary/aromatic N) is 3. The van der Waals surface area contributed by atoms with Crippen LogP contribution in [0.1, 0.15) is 42.6 Å². The average molecular weight is 600 g/mol. The molecule has 3 aromatic carbocycles. The van der Waals surface area contributed by atoms with E-state index in [2.05, 4.69) is 33.4 Å². The van der Waals surface area contributed by atoms with Crippen LogP contribution in [-0.2, 0) is 11.3 Å². The number of carbonyl (C=O) groups excluding carboxylic acids is 2. The summed E-state index contributed by atoms with van der Waals surface area (Å²) in [5, 5.41) is 3.04. The van der Waals surface area contributed by atoms with Gasteiger partial charge in [0.2, 0.25) is 5.91 Å². The molecule has 1 fully saturated rings. The van der Waals surface area contributed by atoms with Crippen molar-refractivity contribution in [2.24, 2.45) is 5.92 Å². The zero-order valence-electron chi connectivity index (χ0n) is 22.8. The number of hydrogen-bond donors (Lipinski definition) is 1. The molecule has 1 N–H and O–H groups in total. The molecule has 1 aliphatic rings. The number of piperidine rings is 1. The van der Waals surface area contributed by atoms with Crippen LogP contribution in [0.5, 0.6) is 0 Å². The van der Waals surface area contributed by atoms with Gasteiger partial charge in [-0.15, -0.1) is 36.2 Å². The molecule has 0 spiro atoms. The van der Waals surface area contributed by atoms with Crippen LogP contribution >= 0.6 is 36.2 Å². The van der Waals surface area contributed by atoms with E-state index in [1.807, 2.05) is 72.8 Å². The number of likely N-dealkylation sites (tertiary alicyclic amines) is 1. The predicted molar refractivity (Wildman–Crippen MR) is 170 cm³/mol. The smallest absolute Gasteiger partial charge is 0.255 e. The molecule has 212 valence electrons.